The Morgan fingerprint density at radius 2 is 2.06 bits per heavy atom. The zero-order valence-electron chi connectivity index (χ0n) is 10.8. The third-order valence-electron chi connectivity index (χ3n) is 3.56. The molecule has 0 amide bonds. The van der Waals surface area contributed by atoms with Crippen molar-refractivity contribution in [3.8, 4) is 0 Å². The highest BCUT2D eigenvalue weighted by Crippen LogP contribution is 2.29. The van der Waals surface area contributed by atoms with Crippen molar-refractivity contribution in [2.45, 2.75) is 50.9 Å². The molecule has 0 spiro atoms. The maximum Gasteiger partial charge on any atom is 0.394 e. The highest BCUT2D eigenvalue weighted by atomic mass is 19.4. The number of hydrogen-bond donors (Lipinski definition) is 2. The predicted octanol–water partition coefficient (Wildman–Crippen LogP) is 1.75. The van der Waals surface area contributed by atoms with Gasteiger partial charge in [0.15, 0.2) is 0 Å². The Labute approximate surface area is 106 Å². The second kappa shape index (κ2) is 6.73. The molecule has 3 N–H and O–H groups in total. The average Bonchev–Trinajstić information content (AvgIpc) is 2.25. The summed E-state index contributed by atoms with van der Waals surface area (Å²) in [5, 5.41) is 9.40. The number of nitrogens with zero attached hydrogens (tertiary/aromatic N) is 1. The van der Waals surface area contributed by atoms with Crippen molar-refractivity contribution in [3.63, 3.8) is 0 Å². The van der Waals surface area contributed by atoms with E-state index in [4.69, 9.17) is 5.73 Å². The second-order valence-electron chi connectivity index (χ2n) is 5.20. The number of hydrogen-bond acceptors (Lipinski definition) is 3. The quantitative estimate of drug-likeness (QED) is 0.798. The molecule has 3 atom stereocenters. The molecule has 1 fully saturated rings. The molecule has 18 heavy (non-hydrogen) atoms. The van der Waals surface area contributed by atoms with Gasteiger partial charge in [-0.1, -0.05) is 6.42 Å². The molecule has 1 aliphatic rings. The van der Waals surface area contributed by atoms with Gasteiger partial charge in [-0.2, -0.15) is 13.2 Å². The second-order valence-corrected chi connectivity index (χ2v) is 5.20. The molecule has 0 radical (unpaired) electrons. The van der Waals surface area contributed by atoms with Crippen LogP contribution in [-0.4, -0.2) is 48.0 Å². The van der Waals surface area contributed by atoms with Crippen LogP contribution in [0.5, 0.6) is 0 Å². The number of aliphatic hydroxyl groups is 1. The summed E-state index contributed by atoms with van der Waals surface area (Å²) in [7, 11) is 0. The maximum absolute atomic E-state index is 12.7. The van der Waals surface area contributed by atoms with Gasteiger partial charge in [-0.25, -0.2) is 0 Å². The monoisotopic (exact) mass is 268 g/mol. The lowest BCUT2D eigenvalue weighted by Gasteiger charge is -2.38. The van der Waals surface area contributed by atoms with Crippen molar-refractivity contribution in [2.24, 2.45) is 11.7 Å². The highest BCUT2D eigenvalue weighted by molar-refractivity contribution is 4.82. The van der Waals surface area contributed by atoms with E-state index in [9.17, 15) is 18.3 Å². The molecular weight excluding hydrogens is 245 g/mol. The Kier molecular flexibility index (Phi) is 5.88. The van der Waals surface area contributed by atoms with Gasteiger partial charge in [-0.05, 0) is 32.7 Å². The van der Waals surface area contributed by atoms with Gasteiger partial charge in [-0.15, -0.1) is 0 Å². The Bertz CT molecular complexity index is 246. The summed E-state index contributed by atoms with van der Waals surface area (Å²) in [6, 6.07) is 0.0511. The lowest BCUT2D eigenvalue weighted by atomic mass is 9.95. The summed E-state index contributed by atoms with van der Waals surface area (Å²) >= 11 is 0. The van der Waals surface area contributed by atoms with Crippen molar-refractivity contribution in [1.29, 1.82) is 0 Å². The molecule has 1 aliphatic heterocycles. The topological polar surface area (TPSA) is 49.5 Å². The first-order valence-electron chi connectivity index (χ1n) is 6.53. The Morgan fingerprint density at radius 3 is 2.56 bits per heavy atom. The molecule has 1 rings (SSSR count). The van der Waals surface area contributed by atoms with E-state index in [1.54, 1.807) is 6.92 Å². The van der Waals surface area contributed by atoms with Crippen LogP contribution in [0.1, 0.15) is 32.6 Å². The first kappa shape index (κ1) is 15.7. The Balaban J connectivity index is 2.60. The highest BCUT2D eigenvalue weighted by Gasteiger charge is 2.40. The Hall–Kier alpha value is -0.330. The number of rotatable bonds is 5. The fourth-order valence-electron chi connectivity index (χ4n) is 2.56. The molecule has 3 unspecified atom stereocenters. The van der Waals surface area contributed by atoms with E-state index in [0.717, 1.165) is 19.3 Å². The molecule has 0 aromatic rings. The van der Waals surface area contributed by atoms with Gasteiger partial charge in [0.1, 0.15) is 0 Å². The molecule has 3 nitrogen and oxygen atoms in total. The summed E-state index contributed by atoms with van der Waals surface area (Å²) in [5.41, 5.74) is 5.23. The van der Waals surface area contributed by atoms with Crippen LogP contribution in [0.25, 0.3) is 0 Å². The van der Waals surface area contributed by atoms with E-state index in [1.807, 2.05) is 4.90 Å². The summed E-state index contributed by atoms with van der Waals surface area (Å²) in [4.78, 5) is 1.85. The van der Waals surface area contributed by atoms with Crippen LogP contribution in [0, 0.1) is 5.92 Å². The van der Waals surface area contributed by atoms with Crippen LogP contribution in [-0.2, 0) is 0 Å². The average molecular weight is 268 g/mol. The van der Waals surface area contributed by atoms with E-state index in [-0.39, 0.29) is 19.1 Å². The van der Waals surface area contributed by atoms with Gasteiger partial charge >= 0.3 is 6.18 Å². The number of likely N-dealkylation sites (tertiary alicyclic amines) is 1. The number of halogens is 3. The van der Waals surface area contributed by atoms with Crippen LogP contribution in [0.15, 0.2) is 0 Å². The van der Waals surface area contributed by atoms with Crippen LogP contribution in [0.3, 0.4) is 0 Å². The van der Waals surface area contributed by atoms with Gasteiger partial charge in [0.2, 0.25) is 0 Å². The first-order chi connectivity index (χ1) is 8.34. The summed E-state index contributed by atoms with van der Waals surface area (Å²) < 4.78 is 38.1. The third kappa shape index (κ3) is 4.74. The minimum absolute atomic E-state index is 0.0443. The number of nitrogens with two attached hydrogens (primary N) is 1. The third-order valence-corrected chi connectivity index (χ3v) is 3.56. The van der Waals surface area contributed by atoms with Gasteiger partial charge in [-0.3, -0.25) is 4.90 Å². The number of alkyl halides is 3. The lowest BCUT2D eigenvalue weighted by Crippen LogP contribution is -2.48. The summed E-state index contributed by atoms with van der Waals surface area (Å²) in [6.07, 6.45) is -1.37. The molecular formula is C12H23F3N2O. The van der Waals surface area contributed by atoms with Crippen LogP contribution in [0.4, 0.5) is 13.2 Å². The van der Waals surface area contributed by atoms with Crippen molar-refractivity contribution in [1.82, 2.24) is 4.90 Å². The smallest absolute Gasteiger partial charge is 0.393 e. The SMILES string of the molecule is CC(O)CC1CCCCN1CC(CN)C(F)(F)F. The van der Waals surface area contributed by atoms with Gasteiger partial charge < -0.3 is 10.8 Å². The fourth-order valence-corrected chi connectivity index (χ4v) is 2.56. The van der Waals surface area contributed by atoms with E-state index in [1.165, 1.54) is 0 Å². The van der Waals surface area contributed by atoms with Crippen LogP contribution in [0.2, 0.25) is 0 Å². The minimum Gasteiger partial charge on any atom is -0.393 e. The lowest BCUT2D eigenvalue weighted by molar-refractivity contribution is -0.178. The maximum atomic E-state index is 12.7. The predicted molar refractivity (Wildman–Crippen MR) is 64.1 cm³/mol. The van der Waals surface area contributed by atoms with Crippen molar-refractivity contribution < 1.29 is 18.3 Å². The molecule has 0 aliphatic carbocycles. The van der Waals surface area contributed by atoms with Crippen molar-refractivity contribution >= 4 is 0 Å². The van der Waals surface area contributed by atoms with E-state index in [0.29, 0.717) is 13.0 Å². The first-order valence-corrected chi connectivity index (χ1v) is 6.53. The molecule has 0 aromatic heterocycles. The minimum atomic E-state index is -4.23. The summed E-state index contributed by atoms with van der Waals surface area (Å²) in [6.45, 7) is 1.93. The Morgan fingerprint density at radius 1 is 1.39 bits per heavy atom. The molecule has 1 heterocycles. The molecule has 0 bridgehead atoms. The van der Waals surface area contributed by atoms with E-state index >= 15 is 0 Å². The van der Waals surface area contributed by atoms with E-state index < -0.39 is 18.2 Å². The van der Waals surface area contributed by atoms with E-state index in [2.05, 4.69) is 0 Å². The standard InChI is InChI=1S/C12H23F3N2O/c1-9(18)6-11-4-2-3-5-17(11)8-10(7-16)12(13,14)15/h9-11,18H,2-8,16H2,1H3. The zero-order chi connectivity index (χ0) is 13.8. The largest absolute Gasteiger partial charge is 0.394 e. The number of aliphatic hydroxyl groups excluding tert-OH is 1. The number of piperidine rings is 1. The molecule has 1 saturated heterocycles. The fraction of sp³-hybridized carbons (Fsp3) is 1.00. The summed E-state index contributed by atoms with van der Waals surface area (Å²) in [5.74, 6) is -1.47. The van der Waals surface area contributed by atoms with Gasteiger partial charge in [0.05, 0.1) is 12.0 Å². The zero-order valence-corrected chi connectivity index (χ0v) is 10.8. The molecule has 6 heteroatoms. The van der Waals surface area contributed by atoms with Gasteiger partial charge in [0.25, 0.3) is 0 Å². The van der Waals surface area contributed by atoms with Crippen LogP contribution < -0.4 is 5.73 Å². The van der Waals surface area contributed by atoms with Gasteiger partial charge in [0, 0.05) is 19.1 Å². The van der Waals surface area contributed by atoms with Crippen LogP contribution >= 0.6 is 0 Å². The normalized spacial score (nSPS) is 26.0. The molecule has 0 saturated carbocycles. The van der Waals surface area contributed by atoms with Crippen molar-refractivity contribution in [2.75, 3.05) is 19.6 Å². The molecule has 108 valence electrons. The molecule has 0 aromatic carbocycles. The van der Waals surface area contributed by atoms with Crippen molar-refractivity contribution in [3.05, 3.63) is 0 Å².